The van der Waals surface area contributed by atoms with Crippen molar-refractivity contribution in [2.45, 2.75) is 69.7 Å². The van der Waals surface area contributed by atoms with E-state index in [9.17, 15) is 18.4 Å². The van der Waals surface area contributed by atoms with Gasteiger partial charge in [-0.05, 0) is 58.2 Å². The van der Waals surface area contributed by atoms with Crippen LogP contribution in [0.4, 0.5) is 24.5 Å². The van der Waals surface area contributed by atoms with E-state index in [0.29, 0.717) is 69.3 Å². The van der Waals surface area contributed by atoms with Crippen molar-refractivity contribution in [1.82, 2.24) is 25.9 Å². The second kappa shape index (κ2) is 10.5. The normalized spacial score (nSPS) is 21.2. The molecule has 6 rings (SSSR count). The predicted molar refractivity (Wildman–Crippen MR) is 153 cm³/mol. The number of hydrogen-bond acceptors (Lipinski definition) is 9. The molecule has 4 heterocycles. The fraction of sp³-hybridized carbons (Fsp3) is 0.414. The second-order valence-corrected chi connectivity index (χ2v) is 11.8. The molecule has 0 amide bonds. The Morgan fingerprint density at radius 1 is 1.26 bits per heavy atom. The van der Waals surface area contributed by atoms with Crippen LogP contribution in [0.3, 0.4) is 0 Å². The van der Waals surface area contributed by atoms with Crippen molar-refractivity contribution in [2.75, 3.05) is 17.2 Å². The summed E-state index contributed by atoms with van der Waals surface area (Å²) >= 11 is 6.74. The van der Waals surface area contributed by atoms with Crippen LogP contribution in [0.5, 0.6) is 0 Å². The van der Waals surface area contributed by atoms with E-state index in [4.69, 9.17) is 16.3 Å². The lowest BCUT2D eigenvalue weighted by atomic mass is 9.97. The molecule has 1 aromatic carbocycles. The predicted octanol–water partition coefficient (Wildman–Crippen LogP) is 5.70. The van der Waals surface area contributed by atoms with Crippen LogP contribution in [0.2, 0.25) is 5.02 Å². The highest BCUT2D eigenvalue weighted by molar-refractivity contribution is 6.35. The fourth-order valence-electron chi connectivity index (χ4n) is 5.63. The number of hydrogen-bond donors (Lipinski definition) is 4. The van der Waals surface area contributed by atoms with Gasteiger partial charge in [0, 0.05) is 41.3 Å². The van der Waals surface area contributed by atoms with Gasteiger partial charge in [-0.25, -0.2) is 13.8 Å². The van der Waals surface area contributed by atoms with Crippen LogP contribution >= 0.6 is 11.6 Å². The zero-order valence-corrected chi connectivity index (χ0v) is 24.0. The van der Waals surface area contributed by atoms with Gasteiger partial charge >= 0.3 is 0 Å². The number of nitrogens with one attached hydrogen (secondary N) is 4. The van der Waals surface area contributed by atoms with Crippen LogP contribution in [0.1, 0.15) is 56.0 Å². The van der Waals surface area contributed by atoms with E-state index in [1.807, 2.05) is 19.9 Å². The molecular formula is C29H30ClF3N8O. The van der Waals surface area contributed by atoms with Crippen LogP contribution in [0, 0.1) is 24.2 Å². The lowest BCUT2D eigenvalue weighted by Gasteiger charge is -2.28. The molecule has 0 bridgehead atoms. The summed E-state index contributed by atoms with van der Waals surface area (Å²) in [6, 6.07) is 7.91. The highest BCUT2D eigenvalue weighted by atomic mass is 35.5. The fourth-order valence-corrected chi connectivity index (χ4v) is 5.90. The molecule has 1 aliphatic carbocycles. The zero-order chi connectivity index (χ0) is 29.8. The van der Waals surface area contributed by atoms with Gasteiger partial charge in [-0.2, -0.15) is 9.65 Å². The number of rotatable bonds is 8. The smallest absolute Gasteiger partial charge is 0.262 e. The molecule has 9 nitrogen and oxygen atoms in total. The number of aromatic nitrogens is 2. The van der Waals surface area contributed by atoms with E-state index in [2.05, 4.69) is 37.6 Å². The number of alkyl halides is 2. The molecule has 0 radical (unpaired) electrons. The first kappa shape index (κ1) is 28.3. The molecule has 13 heteroatoms. The number of halogens is 4. The molecular weight excluding hydrogens is 569 g/mol. The van der Waals surface area contributed by atoms with Crippen molar-refractivity contribution in [3.63, 3.8) is 0 Å². The first-order valence-electron chi connectivity index (χ1n) is 13.7. The highest BCUT2D eigenvalue weighted by Crippen LogP contribution is 2.47. The average molecular weight is 599 g/mol. The largest absolute Gasteiger partial charge is 0.378 e. The number of ether oxygens (including phenoxy) is 1. The van der Waals surface area contributed by atoms with Crippen LogP contribution < -0.4 is 21.6 Å². The molecule has 1 saturated heterocycles. The van der Waals surface area contributed by atoms with E-state index in [0.717, 1.165) is 6.42 Å². The van der Waals surface area contributed by atoms with Crippen LogP contribution in [-0.2, 0) is 4.74 Å². The lowest BCUT2D eigenvalue weighted by molar-refractivity contribution is 0.00911. The van der Waals surface area contributed by atoms with Gasteiger partial charge < -0.3 is 20.8 Å². The van der Waals surface area contributed by atoms with E-state index in [-0.39, 0.29) is 6.04 Å². The summed E-state index contributed by atoms with van der Waals surface area (Å²) in [6.45, 7) is 6.27. The Morgan fingerprint density at radius 3 is 2.69 bits per heavy atom. The number of benzene rings is 1. The van der Waals surface area contributed by atoms with Crippen LogP contribution in [0.25, 0.3) is 10.9 Å². The van der Waals surface area contributed by atoms with Crippen molar-refractivity contribution in [3.8, 4) is 6.07 Å². The summed E-state index contributed by atoms with van der Waals surface area (Å²) in [4.78, 5) is 8.43. The Kier molecular flexibility index (Phi) is 7.07. The topological polar surface area (TPSA) is 110 Å². The Bertz CT molecular complexity index is 1620. The monoisotopic (exact) mass is 598 g/mol. The lowest BCUT2D eigenvalue weighted by Crippen LogP contribution is -2.48. The molecule has 220 valence electrons. The Morgan fingerprint density at radius 2 is 2.05 bits per heavy atom. The molecule has 2 aliphatic heterocycles. The summed E-state index contributed by atoms with van der Waals surface area (Å²) in [5.74, 6) is -0.629. The average Bonchev–Trinajstić information content (AvgIpc) is 3.49. The number of hydrazine groups is 2. The maximum Gasteiger partial charge on any atom is 0.262 e. The number of fused-ring (bicyclic) bond motifs is 1. The van der Waals surface area contributed by atoms with Gasteiger partial charge in [-0.1, -0.05) is 17.7 Å². The summed E-state index contributed by atoms with van der Waals surface area (Å²) in [5, 5.41) is 19.2. The van der Waals surface area contributed by atoms with E-state index >= 15 is 0 Å². The molecule has 3 aliphatic rings. The third-order valence-electron chi connectivity index (χ3n) is 8.35. The summed E-state index contributed by atoms with van der Waals surface area (Å²) in [7, 11) is 0. The number of anilines is 2. The van der Waals surface area contributed by atoms with Crippen molar-refractivity contribution in [1.29, 1.82) is 5.26 Å². The third-order valence-corrected chi connectivity index (χ3v) is 8.63. The number of aryl methyl sites for hydroxylation is 1. The molecule has 1 saturated carbocycles. The first-order chi connectivity index (χ1) is 20.0. The zero-order valence-electron chi connectivity index (χ0n) is 23.2. The van der Waals surface area contributed by atoms with Gasteiger partial charge in [-0.3, -0.25) is 9.99 Å². The van der Waals surface area contributed by atoms with Crippen molar-refractivity contribution < 1.29 is 17.9 Å². The SMILES string of the molecule is Cc1nc(F)ccc1[C@H](Nc1cc(Cl)c2ncc(C#N)c(N[C@@H]3CCOC3(C)C)c2c1)C1=CN(C2(C(F)F)CC2)NN1. The first-order valence-corrected chi connectivity index (χ1v) is 14.0. The second-order valence-electron chi connectivity index (χ2n) is 11.4. The number of pyridine rings is 2. The van der Waals surface area contributed by atoms with Crippen LogP contribution in [0.15, 0.2) is 42.4 Å². The van der Waals surface area contributed by atoms with E-state index < -0.39 is 29.6 Å². The minimum Gasteiger partial charge on any atom is -0.378 e. The van der Waals surface area contributed by atoms with Gasteiger partial charge in [0.2, 0.25) is 5.95 Å². The summed E-state index contributed by atoms with van der Waals surface area (Å²) in [6.07, 6.45) is 2.03. The maximum absolute atomic E-state index is 14.0. The van der Waals surface area contributed by atoms with Gasteiger partial charge in [0.05, 0.1) is 45.2 Å². The quantitative estimate of drug-likeness (QED) is 0.243. The van der Waals surface area contributed by atoms with E-state index in [1.54, 1.807) is 25.3 Å². The van der Waals surface area contributed by atoms with Gasteiger partial charge in [-0.15, -0.1) is 5.53 Å². The van der Waals surface area contributed by atoms with E-state index in [1.165, 1.54) is 17.3 Å². The molecule has 2 fully saturated rings. The van der Waals surface area contributed by atoms with Crippen molar-refractivity contribution in [2.24, 2.45) is 0 Å². The molecule has 42 heavy (non-hydrogen) atoms. The molecule has 0 spiro atoms. The van der Waals surface area contributed by atoms with Gasteiger partial charge in [0.1, 0.15) is 11.6 Å². The third kappa shape index (κ3) is 4.95. The van der Waals surface area contributed by atoms with Crippen LogP contribution in [-0.4, -0.2) is 45.2 Å². The molecule has 3 aromatic rings. The van der Waals surface area contributed by atoms with Crippen molar-refractivity contribution in [3.05, 3.63) is 70.2 Å². The standard InChI is InChI=1S/C29H30ClF3N8O/c1-15-18(4-5-23(31)36-15)26(21-14-41(40-39-21)29(7-8-29)27(32)33)37-17-10-19-24(38-22-6-9-42-28(22,2)3)16(12-34)13-35-25(19)20(30)11-17/h4-5,10-11,13-14,22,26-27,37,39-40H,6-9H2,1-3H3,(H,35,38)/t22-,26+/m1/s1. The summed E-state index contributed by atoms with van der Waals surface area (Å²) in [5.41, 5.74) is 7.75. The van der Waals surface area contributed by atoms with Crippen molar-refractivity contribution >= 4 is 33.9 Å². The maximum atomic E-state index is 14.0. The summed E-state index contributed by atoms with van der Waals surface area (Å²) < 4.78 is 47.6. The Labute approximate surface area is 246 Å². The molecule has 2 atom stereocenters. The van der Waals surface area contributed by atoms with Gasteiger partial charge in [0.25, 0.3) is 6.43 Å². The van der Waals surface area contributed by atoms with Gasteiger partial charge in [0.15, 0.2) is 0 Å². The minimum atomic E-state index is -2.54. The highest BCUT2D eigenvalue weighted by Gasteiger charge is 2.56. The molecule has 4 N–H and O–H groups in total. The number of nitriles is 1. The number of nitrogens with zero attached hydrogens (tertiary/aromatic N) is 4. The molecule has 0 unspecified atom stereocenters. The minimum absolute atomic E-state index is 0.0549. The molecule has 2 aromatic heterocycles. The Balaban J connectivity index is 1.42. The Hall–Kier alpha value is -3.79.